The molecule has 1 saturated heterocycles. The second-order valence-electron chi connectivity index (χ2n) is 9.81. The Hall–Kier alpha value is -3.50. The quantitative estimate of drug-likeness (QED) is 0.417. The van der Waals surface area contributed by atoms with Gasteiger partial charge in [0.2, 0.25) is 11.8 Å². The van der Waals surface area contributed by atoms with Gasteiger partial charge in [-0.1, -0.05) is 6.07 Å². The lowest BCUT2D eigenvalue weighted by molar-refractivity contribution is -0.117. The van der Waals surface area contributed by atoms with Gasteiger partial charge in [0.1, 0.15) is 22.6 Å². The Morgan fingerprint density at radius 1 is 1.22 bits per heavy atom. The van der Waals surface area contributed by atoms with Crippen LogP contribution in [-0.4, -0.2) is 51.0 Å². The molecule has 1 aromatic carbocycles. The summed E-state index contributed by atoms with van der Waals surface area (Å²) in [5, 5.41) is 14.6. The highest BCUT2D eigenvalue weighted by Crippen LogP contribution is 2.37. The van der Waals surface area contributed by atoms with Crippen LogP contribution >= 0.6 is 0 Å². The fraction of sp³-hybridized carbons (Fsp3) is 0.385. The van der Waals surface area contributed by atoms with Crippen LogP contribution in [0.2, 0.25) is 0 Å². The van der Waals surface area contributed by atoms with Crippen molar-refractivity contribution in [2.45, 2.75) is 37.7 Å². The van der Waals surface area contributed by atoms with E-state index in [1.807, 2.05) is 19.2 Å². The van der Waals surface area contributed by atoms with Crippen molar-refractivity contribution in [3.8, 4) is 11.5 Å². The number of likely N-dealkylation sites (tertiary alicyclic amines) is 1. The third-order valence-corrected chi connectivity index (χ3v) is 7.03. The number of carbonyl (C=O) groups excluding carboxylic acids is 1. The third-order valence-electron chi connectivity index (χ3n) is 7.03. The van der Waals surface area contributed by atoms with Crippen LogP contribution in [0, 0.1) is 5.92 Å². The zero-order chi connectivity index (χ0) is 25.0. The number of pyridine rings is 2. The van der Waals surface area contributed by atoms with Gasteiger partial charge < -0.3 is 19.7 Å². The molecule has 8 nitrogen and oxygen atoms in total. The van der Waals surface area contributed by atoms with Crippen LogP contribution in [0.5, 0.6) is 0 Å². The number of nitrogens with zero attached hydrogens (tertiary/aromatic N) is 4. The zero-order valence-electron chi connectivity index (χ0n) is 19.7. The summed E-state index contributed by atoms with van der Waals surface area (Å²) in [6.45, 7) is 1.46. The summed E-state index contributed by atoms with van der Waals surface area (Å²) < 4.78 is 33.4. The van der Waals surface area contributed by atoms with Crippen LogP contribution in [0.3, 0.4) is 0 Å². The van der Waals surface area contributed by atoms with E-state index in [1.54, 1.807) is 12.1 Å². The summed E-state index contributed by atoms with van der Waals surface area (Å²) in [5.74, 6) is 0.321. The molecule has 1 unspecified atom stereocenters. The van der Waals surface area contributed by atoms with E-state index in [-0.39, 0.29) is 28.9 Å². The number of nitrogens with one attached hydrogen (secondary N) is 1. The fourth-order valence-corrected chi connectivity index (χ4v) is 4.96. The number of halogens is 2. The number of piperidine rings is 1. The van der Waals surface area contributed by atoms with Gasteiger partial charge in [-0.15, -0.1) is 0 Å². The number of anilines is 1. The van der Waals surface area contributed by atoms with Crippen LogP contribution < -0.4 is 5.32 Å². The van der Waals surface area contributed by atoms with E-state index in [0.717, 1.165) is 31.4 Å². The highest BCUT2D eigenvalue weighted by atomic mass is 19.3. The Morgan fingerprint density at radius 3 is 2.81 bits per heavy atom. The van der Waals surface area contributed by atoms with Crippen molar-refractivity contribution >= 4 is 33.6 Å². The van der Waals surface area contributed by atoms with Crippen molar-refractivity contribution in [2.24, 2.45) is 5.92 Å². The predicted octanol–water partition coefficient (Wildman–Crippen LogP) is 4.64. The first-order valence-electron chi connectivity index (χ1n) is 12.0. The maximum absolute atomic E-state index is 13.7. The van der Waals surface area contributed by atoms with Gasteiger partial charge in [-0.3, -0.25) is 9.78 Å². The van der Waals surface area contributed by atoms with Crippen LogP contribution in [-0.2, 0) is 10.4 Å². The van der Waals surface area contributed by atoms with Crippen molar-refractivity contribution in [2.75, 3.05) is 25.5 Å². The van der Waals surface area contributed by atoms with Crippen molar-refractivity contribution in [3.05, 3.63) is 47.9 Å². The van der Waals surface area contributed by atoms with Crippen LogP contribution in [0.4, 0.5) is 14.6 Å². The molecule has 2 fully saturated rings. The number of fused-ring (bicyclic) bond motifs is 2. The average Bonchev–Trinajstić information content (AvgIpc) is 3.62. The minimum atomic E-state index is -2.80. The predicted molar refractivity (Wildman–Crippen MR) is 129 cm³/mol. The van der Waals surface area contributed by atoms with Crippen molar-refractivity contribution in [1.82, 2.24) is 19.9 Å². The molecule has 3 aromatic heterocycles. The molecule has 1 atom stereocenters. The standard InChI is InChI=1S/C26H25F2N5O3/c1-33-8-2-7-26(35,13-33)15-5-6-20-19(9-15)31-25(36-20)18-12-30-22(23(27)28)17-11-29-21(10-16(17)18)32-24(34)14-3-4-14/h5-6,9-12,14,23,35H,2-4,7-8,13H2,1H3,(H,29,32,34). The SMILES string of the molecule is CN1CCCC(O)(c2ccc3oc(-c4cnc(C(F)F)c5cnc(NC(=O)C6CC6)cc45)nc3c2)C1. The molecule has 1 amide bonds. The van der Waals surface area contributed by atoms with Gasteiger partial charge in [0.15, 0.2) is 5.58 Å². The summed E-state index contributed by atoms with van der Waals surface area (Å²) >= 11 is 0. The molecule has 4 aromatic rings. The van der Waals surface area contributed by atoms with Gasteiger partial charge in [0, 0.05) is 35.6 Å². The molecule has 186 valence electrons. The summed E-state index contributed by atoms with van der Waals surface area (Å²) in [7, 11) is 1.98. The lowest BCUT2D eigenvalue weighted by atomic mass is 9.86. The van der Waals surface area contributed by atoms with E-state index in [2.05, 4.69) is 25.2 Å². The molecule has 0 spiro atoms. The fourth-order valence-electron chi connectivity index (χ4n) is 4.96. The first kappa shape index (κ1) is 22.9. The molecule has 4 heterocycles. The third kappa shape index (κ3) is 4.10. The highest BCUT2D eigenvalue weighted by Gasteiger charge is 2.34. The number of hydrogen-bond donors (Lipinski definition) is 2. The second-order valence-corrected chi connectivity index (χ2v) is 9.81. The summed E-state index contributed by atoms with van der Waals surface area (Å²) in [6.07, 6.45) is 3.02. The monoisotopic (exact) mass is 493 g/mol. The number of rotatable bonds is 5. The van der Waals surface area contributed by atoms with Crippen LogP contribution in [0.25, 0.3) is 33.3 Å². The Kier molecular flexibility index (Phi) is 5.45. The lowest BCUT2D eigenvalue weighted by Crippen LogP contribution is -2.44. The van der Waals surface area contributed by atoms with Crippen molar-refractivity contribution in [1.29, 1.82) is 0 Å². The molecule has 2 aliphatic rings. The average molecular weight is 494 g/mol. The summed E-state index contributed by atoms with van der Waals surface area (Å²) in [6, 6.07) is 6.97. The normalized spacial score (nSPS) is 20.9. The van der Waals surface area contributed by atoms with Gasteiger partial charge in [0.05, 0.1) is 5.56 Å². The number of β-amino-alcohol motifs (C(OH)–C–C–N with tert-alkyl or cyclic N) is 1. The second kappa shape index (κ2) is 8.56. The van der Waals surface area contributed by atoms with Crippen LogP contribution in [0.15, 0.2) is 41.1 Å². The summed E-state index contributed by atoms with van der Waals surface area (Å²) in [5.41, 5.74) is 0.839. The first-order valence-corrected chi connectivity index (χ1v) is 12.0. The number of amides is 1. The number of aliphatic hydroxyl groups is 1. The van der Waals surface area contributed by atoms with Gasteiger partial charge in [-0.2, -0.15) is 0 Å². The van der Waals surface area contributed by atoms with E-state index < -0.39 is 17.7 Å². The van der Waals surface area contributed by atoms with Gasteiger partial charge in [0.25, 0.3) is 6.43 Å². The van der Waals surface area contributed by atoms with E-state index in [0.29, 0.717) is 35.0 Å². The lowest BCUT2D eigenvalue weighted by Gasteiger charge is -2.37. The Labute approximate surface area is 205 Å². The van der Waals surface area contributed by atoms with Gasteiger partial charge in [-0.25, -0.2) is 18.7 Å². The number of benzene rings is 1. The number of oxazole rings is 1. The molecular weight excluding hydrogens is 468 g/mol. The molecule has 6 rings (SSSR count). The zero-order valence-corrected chi connectivity index (χ0v) is 19.7. The molecule has 1 aliphatic carbocycles. The number of alkyl halides is 2. The maximum Gasteiger partial charge on any atom is 0.281 e. The maximum atomic E-state index is 13.7. The topological polar surface area (TPSA) is 104 Å². The molecule has 36 heavy (non-hydrogen) atoms. The van der Waals surface area contributed by atoms with Crippen LogP contribution in [0.1, 0.15) is 43.4 Å². The first-order chi connectivity index (χ1) is 17.3. The number of carbonyl (C=O) groups is 1. The molecular formula is C26H25F2N5O3. The Morgan fingerprint density at radius 2 is 2.06 bits per heavy atom. The minimum Gasteiger partial charge on any atom is -0.436 e. The largest absolute Gasteiger partial charge is 0.436 e. The van der Waals surface area contributed by atoms with Crippen molar-refractivity contribution < 1.29 is 23.1 Å². The number of hydrogen-bond acceptors (Lipinski definition) is 7. The summed E-state index contributed by atoms with van der Waals surface area (Å²) in [4.78, 5) is 27.1. The molecule has 10 heteroatoms. The van der Waals surface area contributed by atoms with E-state index in [4.69, 9.17) is 4.42 Å². The Bertz CT molecular complexity index is 1490. The number of aromatic nitrogens is 3. The van der Waals surface area contributed by atoms with E-state index in [1.165, 1.54) is 12.4 Å². The minimum absolute atomic E-state index is 0.0268. The molecule has 0 radical (unpaired) electrons. The van der Waals surface area contributed by atoms with E-state index in [9.17, 15) is 18.7 Å². The van der Waals surface area contributed by atoms with E-state index >= 15 is 0 Å². The van der Waals surface area contributed by atoms with Gasteiger partial charge >= 0.3 is 0 Å². The Balaban J connectivity index is 1.43. The smallest absolute Gasteiger partial charge is 0.281 e. The molecule has 0 bridgehead atoms. The molecule has 2 N–H and O–H groups in total. The number of likely N-dealkylation sites (N-methyl/N-ethyl adjacent to an activating group) is 1. The van der Waals surface area contributed by atoms with Crippen molar-refractivity contribution in [3.63, 3.8) is 0 Å². The molecule has 1 aliphatic heterocycles. The highest BCUT2D eigenvalue weighted by molar-refractivity contribution is 6.00. The molecule has 1 saturated carbocycles. The van der Waals surface area contributed by atoms with Gasteiger partial charge in [-0.05, 0) is 63.0 Å².